The molecule has 0 aromatic heterocycles. The van der Waals surface area contributed by atoms with Gasteiger partial charge in [-0.15, -0.1) is 0 Å². The standard InChI is InChI=1S/C17H23NOS/c20-17(18-15-8-2-1-3-9-15)19-16-11-10-13-6-4-5-7-14(13)12-16/h1-3,8-9,13-14,16H,4-7,10-12H2,(H,18,20)/t13-,14-,16+/m0/s1. The van der Waals surface area contributed by atoms with Crippen molar-refractivity contribution in [3.8, 4) is 0 Å². The molecule has 0 amide bonds. The minimum atomic E-state index is 0.318. The van der Waals surface area contributed by atoms with Gasteiger partial charge in [-0.05, 0) is 55.4 Å². The Kier molecular flexibility index (Phi) is 4.56. The molecule has 0 bridgehead atoms. The minimum Gasteiger partial charge on any atom is -0.468 e. The first-order chi connectivity index (χ1) is 9.81. The number of hydrogen-bond donors (Lipinski definition) is 1. The van der Waals surface area contributed by atoms with Crippen LogP contribution in [0.5, 0.6) is 0 Å². The van der Waals surface area contributed by atoms with Crippen molar-refractivity contribution in [3.63, 3.8) is 0 Å². The van der Waals surface area contributed by atoms with Crippen LogP contribution in [-0.2, 0) is 4.74 Å². The predicted molar refractivity (Wildman–Crippen MR) is 86.8 cm³/mol. The highest BCUT2D eigenvalue weighted by Crippen LogP contribution is 2.41. The number of hydrogen-bond acceptors (Lipinski definition) is 2. The highest BCUT2D eigenvalue weighted by molar-refractivity contribution is 7.80. The lowest BCUT2D eigenvalue weighted by Gasteiger charge is -2.39. The molecule has 1 aromatic rings. The summed E-state index contributed by atoms with van der Waals surface area (Å²) in [6.07, 6.45) is 9.66. The number of anilines is 1. The molecule has 3 rings (SSSR count). The van der Waals surface area contributed by atoms with Gasteiger partial charge in [-0.3, -0.25) is 0 Å². The van der Waals surface area contributed by atoms with Crippen LogP contribution < -0.4 is 5.32 Å². The van der Waals surface area contributed by atoms with Crippen molar-refractivity contribution in [2.75, 3.05) is 5.32 Å². The number of rotatable bonds is 2. The van der Waals surface area contributed by atoms with Gasteiger partial charge < -0.3 is 10.1 Å². The van der Waals surface area contributed by atoms with Crippen LogP contribution in [0.4, 0.5) is 5.69 Å². The molecule has 0 heterocycles. The molecular weight excluding hydrogens is 266 g/mol. The molecule has 3 heteroatoms. The molecule has 2 nitrogen and oxygen atoms in total. The molecule has 2 fully saturated rings. The van der Waals surface area contributed by atoms with E-state index < -0.39 is 0 Å². The summed E-state index contributed by atoms with van der Waals surface area (Å²) in [6, 6.07) is 10.0. The van der Waals surface area contributed by atoms with Crippen LogP contribution in [-0.4, -0.2) is 11.3 Å². The molecule has 108 valence electrons. The van der Waals surface area contributed by atoms with Crippen molar-refractivity contribution in [1.29, 1.82) is 0 Å². The summed E-state index contributed by atoms with van der Waals surface area (Å²) in [5.41, 5.74) is 1.00. The molecule has 0 saturated heterocycles. The van der Waals surface area contributed by atoms with Gasteiger partial charge in [-0.2, -0.15) is 0 Å². The average Bonchev–Trinajstić information content (AvgIpc) is 2.48. The molecule has 20 heavy (non-hydrogen) atoms. The third kappa shape index (κ3) is 3.51. The molecular formula is C17H23NOS. The second-order valence-corrected chi connectivity index (χ2v) is 6.51. The Morgan fingerprint density at radius 2 is 1.75 bits per heavy atom. The van der Waals surface area contributed by atoms with Crippen LogP contribution >= 0.6 is 12.2 Å². The normalized spacial score (nSPS) is 29.3. The molecule has 1 aromatic carbocycles. The van der Waals surface area contributed by atoms with E-state index in [1.165, 1.54) is 38.5 Å². The van der Waals surface area contributed by atoms with Crippen molar-refractivity contribution >= 4 is 23.1 Å². The fourth-order valence-electron chi connectivity index (χ4n) is 3.76. The topological polar surface area (TPSA) is 21.3 Å². The summed E-state index contributed by atoms with van der Waals surface area (Å²) in [4.78, 5) is 0. The van der Waals surface area contributed by atoms with E-state index in [2.05, 4.69) is 5.32 Å². The SMILES string of the molecule is S=C(Nc1ccccc1)O[C@@H]1CC[C@@H]2CCCC[C@H]2C1. The van der Waals surface area contributed by atoms with E-state index >= 15 is 0 Å². The quantitative estimate of drug-likeness (QED) is 0.793. The Labute approximate surface area is 126 Å². The smallest absolute Gasteiger partial charge is 0.261 e. The van der Waals surface area contributed by atoms with Crippen LogP contribution in [0.3, 0.4) is 0 Å². The summed E-state index contributed by atoms with van der Waals surface area (Å²) in [7, 11) is 0. The summed E-state index contributed by atoms with van der Waals surface area (Å²) < 4.78 is 5.96. The second kappa shape index (κ2) is 6.57. The molecule has 0 unspecified atom stereocenters. The fourth-order valence-corrected chi connectivity index (χ4v) is 4.01. The first-order valence-electron chi connectivity index (χ1n) is 7.84. The molecule has 0 radical (unpaired) electrons. The van der Waals surface area contributed by atoms with Gasteiger partial charge in [0, 0.05) is 5.69 Å². The zero-order valence-electron chi connectivity index (χ0n) is 11.9. The van der Waals surface area contributed by atoms with Gasteiger partial charge in [0.1, 0.15) is 6.10 Å². The van der Waals surface area contributed by atoms with Crippen molar-refractivity contribution in [2.24, 2.45) is 11.8 Å². The monoisotopic (exact) mass is 289 g/mol. The molecule has 1 N–H and O–H groups in total. The average molecular weight is 289 g/mol. The maximum absolute atomic E-state index is 5.96. The summed E-state index contributed by atoms with van der Waals surface area (Å²) in [6.45, 7) is 0. The van der Waals surface area contributed by atoms with Crippen LogP contribution in [0.25, 0.3) is 0 Å². The van der Waals surface area contributed by atoms with Gasteiger partial charge in [0.2, 0.25) is 0 Å². The summed E-state index contributed by atoms with van der Waals surface area (Å²) in [5.74, 6) is 1.83. The third-order valence-corrected chi connectivity index (χ3v) is 4.98. The second-order valence-electron chi connectivity index (χ2n) is 6.14. The van der Waals surface area contributed by atoms with Gasteiger partial charge in [-0.1, -0.05) is 43.9 Å². The Balaban J connectivity index is 1.49. The van der Waals surface area contributed by atoms with Crippen LogP contribution in [0.1, 0.15) is 44.9 Å². The highest BCUT2D eigenvalue weighted by atomic mass is 32.1. The van der Waals surface area contributed by atoms with E-state index in [1.54, 1.807) is 0 Å². The van der Waals surface area contributed by atoms with E-state index in [0.29, 0.717) is 11.3 Å². The minimum absolute atomic E-state index is 0.318. The number of benzene rings is 1. The number of para-hydroxylation sites is 1. The Bertz CT molecular complexity index is 448. The number of ether oxygens (including phenoxy) is 1. The molecule has 0 aliphatic heterocycles. The maximum Gasteiger partial charge on any atom is 0.261 e. The van der Waals surface area contributed by atoms with Gasteiger partial charge in [-0.25, -0.2) is 0 Å². The Hall–Kier alpha value is -1.09. The molecule has 0 spiro atoms. The van der Waals surface area contributed by atoms with Crippen molar-refractivity contribution in [3.05, 3.63) is 30.3 Å². The van der Waals surface area contributed by atoms with Crippen LogP contribution in [0.2, 0.25) is 0 Å². The zero-order valence-corrected chi connectivity index (χ0v) is 12.7. The van der Waals surface area contributed by atoms with E-state index in [1.807, 2.05) is 30.3 Å². The molecule has 2 saturated carbocycles. The van der Waals surface area contributed by atoms with Gasteiger partial charge in [0.25, 0.3) is 5.17 Å². The fraction of sp³-hybridized carbons (Fsp3) is 0.588. The lowest BCUT2D eigenvalue weighted by atomic mass is 9.70. The largest absolute Gasteiger partial charge is 0.468 e. The number of nitrogens with one attached hydrogen (secondary N) is 1. The van der Waals surface area contributed by atoms with E-state index in [4.69, 9.17) is 17.0 Å². The van der Waals surface area contributed by atoms with E-state index in [0.717, 1.165) is 23.9 Å². The first-order valence-corrected chi connectivity index (χ1v) is 8.25. The Morgan fingerprint density at radius 3 is 2.55 bits per heavy atom. The van der Waals surface area contributed by atoms with Crippen LogP contribution in [0.15, 0.2) is 30.3 Å². The Morgan fingerprint density at radius 1 is 1.00 bits per heavy atom. The highest BCUT2D eigenvalue weighted by Gasteiger charge is 2.33. The zero-order chi connectivity index (χ0) is 13.8. The van der Waals surface area contributed by atoms with Crippen LogP contribution in [0, 0.1) is 11.8 Å². The predicted octanol–water partition coefficient (Wildman–Crippen LogP) is 4.76. The first kappa shape index (κ1) is 13.9. The lowest BCUT2D eigenvalue weighted by Crippen LogP contribution is -2.33. The molecule has 3 atom stereocenters. The van der Waals surface area contributed by atoms with Crippen molar-refractivity contribution < 1.29 is 4.74 Å². The molecule has 2 aliphatic rings. The summed E-state index contributed by atoms with van der Waals surface area (Å²) in [5, 5.41) is 3.69. The number of fused-ring (bicyclic) bond motifs is 1. The van der Waals surface area contributed by atoms with Crippen molar-refractivity contribution in [2.45, 2.75) is 51.0 Å². The van der Waals surface area contributed by atoms with Crippen molar-refractivity contribution in [1.82, 2.24) is 0 Å². The third-order valence-electron chi connectivity index (χ3n) is 4.79. The van der Waals surface area contributed by atoms with Gasteiger partial charge >= 0.3 is 0 Å². The van der Waals surface area contributed by atoms with E-state index in [9.17, 15) is 0 Å². The van der Waals surface area contributed by atoms with Gasteiger partial charge in [0.15, 0.2) is 0 Å². The lowest BCUT2D eigenvalue weighted by molar-refractivity contribution is 0.0596. The van der Waals surface area contributed by atoms with Gasteiger partial charge in [0.05, 0.1) is 0 Å². The molecule has 2 aliphatic carbocycles. The summed E-state index contributed by atoms with van der Waals surface area (Å²) >= 11 is 5.33. The number of thiocarbonyl (C=S) groups is 1. The maximum atomic E-state index is 5.96. The van der Waals surface area contributed by atoms with E-state index in [-0.39, 0.29) is 0 Å².